The topological polar surface area (TPSA) is 67.1 Å². The van der Waals surface area contributed by atoms with Crippen molar-refractivity contribution in [1.29, 1.82) is 0 Å². The molecule has 134 valence electrons. The van der Waals surface area contributed by atoms with Gasteiger partial charge >= 0.3 is 0 Å². The molecule has 3 N–H and O–H groups in total. The number of nitrogen functional groups attached to an aromatic ring is 1. The van der Waals surface area contributed by atoms with Crippen molar-refractivity contribution in [2.45, 2.75) is 27.7 Å². The van der Waals surface area contributed by atoms with Crippen LogP contribution in [-0.2, 0) is 0 Å². The summed E-state index contributed by atoms with van der Waals surface area (Å²) >= 11 is 0. The molecule has 5 nitrogen and oxygen atoms in total. The van der Waals surface area contributed by atoms with E-state index in [1.165, 1.54) is 11.1 Å². The minimum Gasteiger partial charge on any atom is -0.393 e. The Bertz CT molecular complexity index is 920. The number of nitrogens with two attached hydrogens (primary N) is 1. The lowest BCUT2D eigenvalue weighted by Gasteiger charge is -2.24. The summed E-state index contributed by atoms with van der Waals surface area (Å²) in [6.45, 7) is 9.05. The van der Waals surface area contributed by atoms with E-state index in [1.807, 2.05) is 6.07 Å². The van der Waals surface area contributed by atoms with Gasteiger partial charge in [-0.2, -0.15) is 0 Å². The molecule has 0 aliphatic heterocycles. The molecule has 0 saturated carbocycles. The highest BCUT2D eigenvalue weighted by molar-refractivity contribution is 5.82. The molecule has 0 atom stereocenters. The average Bonchev–Trinajstić information content (AvgIpc) is 2.62. The van der Waals surface area contributed by atoms with E-state index in [1.54, 1.807) is 6.33 Å². The fraction of sp³-hybridized carbons (Fsp3) is 0.238. The quantitative estimate of drug-likeness (QED) is 0.688. The molecule has 3 rings (SSSR count). The van der Waals surface area contributed by atoms with Crippen LogP contribution < -0.4 is 16.0 Å². The monoisotopic (exact) mass is 347 g/mol. The molecule has 1 aromatic heterocycles. The predicted molar refractivity (Wildman–Crippen MR) is 110 cm³/mol. The summed E-state index contributed by atoms with van der Waals surface area (Å²) in [5.41, 5.74) is 12.6. The first kappa shape index (κ1) is 17.7. The molecule has 5 heteroatoms. The summed E-state index contributed by atoms with van der Waals surface area (Å²) < 4.78 is 0. The SMILES string of the molecule is CCN(c1cccc(C)c1)c1ncnc(Nc2cc(C)ccc2C)c1N. The van der Waals surface area contributed by atoms with Gasteiger partial charge in [-0.3, -0.25) is 0 Å². The Labute approximate surface area is 154 Å². The zero-order valence-electron chi connectivity index (χ0n) is 15.7. The molecule has 0 aliphatic rings. The van der Waals surface area contributed by atoms with Gasteiger partial charge in [0.25, 0.3) is 0 Å². The molecule has 1 heterocycles. The van der Waals surface area contributed by atoms with E-state index >= 15 is 0 Å². The van der Waals surface area contributed by atoms with Crippen LogP contribution in [0.4, 0.5) is 28.7 Å². The number of anilines is 5. The first-order valence-corrected chi connectivity index (χ1v) is 8.78. The van der Waals surface area contributed by atoms with Crippen LogP contribution in [0.3, 0.4) is 0 Å². The van der Waals surface area contributed by atoms with E-state index in [0.717, 1.165) is 23.5 Å². The molecule has 0 radical (unpaired) electrons. The predicted octanol–water partition coefficient (Wildman–Crippen LogP) is 4.89. The number of aryl methyl sites for hydroxylation is 3. The van der Waals surface area contributed by atoms with Crippen LogP contribution in [0, 0.1) is 20.8 Å². The molecule has 0 unspecified atom stereocenters. The van der Waals surface area contributed by atoms with Crippen LogP contribution in [0.15, 0.2) is 48.8 Å². The maximum absolute atomic E-state index is 6.44. The summed E-state index contributed by atoms with van der Waals surface area (Å²) in [5.74, 6) is 1.33. The third kappa shape index (κ3) is 3.61. The second-order valence-electron chi connectivity index (χ2n) is 6.49. The lowest BCUT2D eigenvalue weighted by atomic mass is 10.1. The van der Waals surface area contributed by atoms with Crippen molar-refractivity contribution < 1.29 is 0 Å². The fourth-order valence-electron chi connectivity index (χ4n) is 2.95. The van der Waals surface area contributed by atoms with Gasteiger partial charge in [0.15, 0.2) is 11.6 Å². The third-order valence-electron chi connectivity index (χ3n) is 4.39. The van der Waals surface area contributed by atoms with Gasteiger partial charge in [0, 0.05) is 17.9 Å². The van der Waals surface area contributed by atoms with E-state index in [4.69, 9.17) is 5.73 Å². The third-order valence-corrected chi connectivity index (χ3v) is 4.39. The molecular formula is C21H25N5. The molecule has 3 aromatic rings. The number of nitrogens with zero attached hydrogens (tertiary/aromatic N) is 3. The molecule has 0 spiro atoms. The first-order chi connectivity index (χ1) is 12.5. The molecule has 2 aromatic carbocycles. The Morgan fingerprint density at radius 1 is 1.00 bits per heavy atom. The maximum Gasteiger partial charge on any atom is 0.161 e. The van der Waals surface area contributed by atoms with Crippen LogP contribution >= 0.6 is 0 Å². The van der Waals surface area contributed by atoms with Crippen LogP contribution in [-0.4, -0.2) is 16.5 Å². The van der Waals surface area contributed by atoms with Gasteiger partial charge in [-0.05, 0) is 62.6 Å². The van der Waals surface area contributed by atoms with Crippen molar-refractivity contribution in [2.75, 3.05) is 22.5 Å². The zero-order valence-corrected chi connectivity index (χ0v) is 15.7. The summed E-state index contributed by atoms with van der Waals surface area (Å²) in [5, 5.41) is 3.36. The summed E-state index contributed by atoms with van der Waals surface area (Å²) in [6.07, 6.45) is 1.55. The lowest BCUT2D eigenvalue weighted by molar-refractivity contribution is 0.979. The highest BCUT2D eigenvalue weighted by atomic mass is 15.2. The Hall–Kier alpha value is -3.08. The smallest absolute Gasteiger partial charge is 0.161 e. The maximum atomic E-state index is 6.44. The van der Waals surface area contributed by atoms with Crippen LogP contribution in [0.1, 0.15) is 23.6 Å². The number of rotatable bonds is 5. The van der Waals surface area contributed by atoms with E-state index in [2.05, 4.69) is 84.3 Å². The molecule has 26 heavy (non-hydrogen) atoms. The van der Waals surface area contributed by atoms with Crippen LogP contribution in [0.5, 0.6) is 0 Å². The molecule has 0 aliphatic carbocycles. The summed E-state index contributed by atoms with van der Waals surface area (Å²) in [6, 6.07) is 14.6. The van der Waals surface area contributed by atoms with Gasteiger partial charge in [-0.1, -0.05) is 24.3 Å². The van der Waals surface area contributed by atoms with Gasteiger partial charge in [0.2, 0.25) is 0 Å². The minimum atomic E-state index is 0.539. The number of nitrogens with one attached hydrogen (secondary N) is 1. The number of hydrogen-bond acceptors (Lipinski definition) is 5. The Morgan fingerprint density at radius 2 is 1.77 bits per heavy atom. The first-order valence-electron chi connectivity index (χ1n) is 8.78. The zero-order chi connectivity index (χ0) is 18.7. The van der Waals surface area contributed by atoms with E-state index < -0.39 is 0 Å². The average molecular weight is 347 g/mol. The second kappa shape index (κ2) is 7.44. The number of hydrogen-bond donors (Lipinski definition) is 2. The van der Waals surface area contributed by atoms with Crippen LogP contribution in [0.25, 0.3) is 0 Å². The van der Waals surface area contributed by atoms with Crippen molar-refractivity contribution >= 4 is 28.7 Å². The van der Waals surface area contributed by atoms with Crippen LogP contribution in [0.2, 0.25) is 0 Å². The van der Waals surface area contributed by atoms with Crippen molar-refractivity contribution in [1.82, 2.24) is 9.97 Å². The van der Waals surface area contributed by atoms with Gasteiger partial charge in [0.1, 0.15) is 12.0 Å². The van der Waals surface area contributed by atoms with Gasteiger partial charge in [-0.15, -0.1) is 0 Å². The Kier molecular flexibility index (Phi) is 5.07. The second-order valence-corrected chi connectivity index (χ2v) is 6.49. The lowest BCUT2D eigenvalue weighted by Crippen LogP contribution is -2.20. The highest BCUT2D eigenvalue weighted by Gasteiger charge is 2.16. The van der Waals surface area contributed by atoms with Crippen molar-refractivity contribution in [3.8, 4) is 0 Å². The highest BCUT2D eigenvalue weighted by Crippen LogP contribution is 2.33. The van der Waals surface area contributed by atoms with E-state index in [0.29, 0.717) is 17.3 Å². The Balaban J connectivity index is 1.99. The molecule has 0 amide bonds. The van der Waals surface area contributed by atoms with E-state index in [9.17, 15) is 0 Å². The fourth-order valence-corrected chi connectivity index (χ4v) is 2.95. The van der Waals surface area contributed by atoms with Crippen molar-refractivity contribution in [3.05, 3.63) is 65.5 Å². The van der Waals surface area contributed by atoms with Gasteiger partial charge < -0.3 is 16.0 Å². The standard InChI is InChI=1S/C21H25N5/c1-5-26(17-8-6-7-14(2)11-17)21-19(22)20(23-13-24-21)25-18-12-15(3)9-10-16(18)4/h6-13H,5,22H2,1-4H3,(H,23,24,25). The molecular weight excluding hydrogens is 322 g/mol. The summed E-state index contributed by atoms with van der Waals surface area (Å²) in [7, 11) is 0. The largest absolute Gasteiger partial charge is 0.393 e. The summed E-state index contributed by atoms with van der Waals surface area (Å²) in [4.78, 5) is 10.9. The minimum absolute atomic E-state index is 0.539. The Morgan fingerprint density at radius 3 is 2.50 bits per heavy atom. The van der Waals surface area contributed by atoms with Gasteiger partial charge in [-0.25, -0.2) is 9.97 Å². The number of aromatic nitrogens is 2. The molecule has 0 saturated heterocycles. The van der Waals surface area contributed by atoms with E-state index in [-0.39, 0.29) is 0 Å². The number of benzene rings is 2. The molecule has 0 bridgehead atoms. The van der Waals surface area contributed by atoms with Crippen molar-refractivity contribution in [2.24, 2.45) is 0 Å². The molecule has 0 fully saturated rings. The van der Waals surface area contributed by atoms with Gasteiger partial charge in [0.05, 0.1) is 0 Å². The normalized spacial score (nSPS) is 10.6. The van der Waals surface area contributed by atoms with Crippen molar-refractivity contribution in [3.63, 3.8) is 0 Å².